The molecule has 18 heavy (non-hydrogen) atoms. The molecule has 0 spiro atoms. The number of aromatic nitrogens is 2. The standard InChI is InChI=1S/C13H14N2O3/c1-8-13(15-12(7-16)14-8)10-6-9(17-2)4-5-11(10)18-3/h4-7H,1-3H3,(H,14,15). The number of aromatic amines is 1. The number of methoxy groups -OCH3 is 2. The number of nitrogens with one attached hydrogen (secondary N) is 1. The first-order valence-corrected chi connectivity index (χ1v) is 5.43. The van der Waals surface area contributed by atoms with Gasteiger partial charge in [0.15, 0.2) is 12.1 Å². The number of hydrogen-bond donors (Lipinski definition) is 1. The highest BCUT2D eigenvalue weighted by Gasteiger charge is 2.14. The molecular formula is C13H14N2O3. The Bertz CT molecular complexity index is 576. The molecule has 0 saturated carbocycles. The molecule has 0 aliphatic rings. The lowest BCUT2D eigenvalue weighted by molar-refractivity contribution is 0.111. The van der Waals surface area contributed by atoms with Crippen LogP contribution >= 0.6 is 0 Å². The zero-order valence-corrected chi connectivity index (χ0v) is 10.5. The highest BCUT2D eigenvalue weighted by molar-refractivity contribution is 5.76. The fraction of sp³-hybridized carbons (Fsp3) is 0.231. The van der Waals surface area contributed by atoms with E-state index in [9.17, 15) is 4.79 Å². The summed E-state index contributed by atoms with van der Waals surface area (Å²) in [6.45, 7) is 1.86. The van der Waals surface area contributed by atoms with Gasteiger partial charge in [-0.1, -0.05) is 0 Å². The van der Waals surface area contributed by atoms with Crippen LogP contribution in [-0.2, 0) is 0 Å². The van der Waals surface area contributed by atoms with Crippen LogP contribution in [0.1, 0.15) is 16.3 Å². The topological polar surface area (TPSA) is 64.2 Å². The van der Waals surface area contributed by atoms with E-state index >= 15 is 0 Å². The summed E-state index contributed by atoms with van der Waals surface area (Å²) in [5, 5.41) is 0. The molecule has 0 fully saturated rings. The number of benzene rings is 1. The van der Waals surface area contributed by atoms with Crippen LogP contribution in [-0.4, -0.2) is 30.5 Å². The van der Waals surface area contributed by atoms with Crippen molar-refractivity contribution in [3.8, 4) is 22.8 Å². The largest absolute Gasteiger partial charge is 0.497 e. The molecule has 1 heterocycles. The zero-order valence-electron chi connectivity index (χ0n) is 10.5. The lowest BCUT2D eigenvalue weighted by atomic mass is 10.1. The van der Waals surface area contributed by atoms with Gasteiger partial charge in [-0.3, -0.25) is 4.79 Å². The van der Waals surface area contributed by atoms with Crippen LogP contribution < -0.4 is 9.47 Å². The van der Waals surface area contributed by atoms with Crippen LogP contribution in [0, 0.1) is 6.92 Å². The van der Waals surface area contributed by atoms with Crippen molar-refractivity contribution in [3.63, 3.8) is 0 Å². The Hall–Kier alpha value is -2.30. The lowest BCUT2D eigenvalue weighted by Gasteiger charge is -2.09. The molecule has 5 heteroatoms. The summed E-state index contributed by atoms with van der Waals surface area (Å²) >= 11 is 0. The van der Waals surface area contributed by atoms with E-state index in [2.05, 4.69) is 9.97 Å². The number of aldehydes is 1. The van der Waals surface area contributed by atoms with E-state index in [1.807, 2.05) is 25.1 Å². The Morgan fingerprint density at radius 1 is 1.28 bits per heavy atom. The zero-order chi connectivity index (χ0) is 13.1. The van der Waals surface area contributed by atoms with Crippen molar-refractivity contribution in [2.75, 3.05) is 14.2 Å². The third-order valence-electron chi connectivity index (χ3n) is 2.68. The molecule has 0 saturated heterocycles. The molecule has 0 amide bonds. The summed E-state index contributed by atoms with van der Waals surface area (Å²) < 4.78 is 10.5. The van der Waals surface area contributed by atoms with E-state index in [0.29, 0.717) is 29.3 Å². The Morgan fingerprint density at radius 3 is 2.61 bits per heavy atom. The average Bonchev–Trinajstić information content (AvgIpc) is 2.79. The van der Waals surface area contributed by atoms with E-state index in [-0.39, 0.29) is 0 Å². The van der Waals surface area contributed by atoms with Crippen molar-refractivity contribution in [2.45, 2.75) is 6.92 Å². The van der Waals surface area contributed by atoms with E-state index in [1.165, 1.54) is 0 Å². The molecule has 0 bridgehead atoms. The van der Waals surface area contributed by atoms with Crippen LogP contribution in [0.2, 0.25) is 0 Å². The second-order valence-electron chi connectivity index (χ2n) is 3.78. The molecule has 0 radical (unpaired) electrons. The van der Waals surface area contributed by atoms with Crippen LogP contribution in [0.15, 0.2) is 18.2 Å². The molecule has 0 aliphatic carbocycles. The minimum Gasteiger partial charge on any atom is -0.497 e. The minimum atomic E-state index is 0.298. The lowest BCUT2D eigenvalue weighted by Crippen LogP contribution is -1.91. The summed E-state index contributed by atoms with van der Waals surface area (Å²) in [6.07, 6.45) is 0.684. The van der Waals surface area contributed by atoms with Gasteiger partial charge in [0.05, 0.1) is 19.9 Å². The number of hydrogen-bond acceptors (Lipinski definition) is 4. The third kappa shape index (κ3) is 2.07. The number of imidazole rings is 1. The normalized spacial score (nSPS) is 10.2. The van der Waals surface area contributed by atoms with Gasteiger partial charge in [-0.2, -0.15) is 0 Å². The number of ether oxygens (including phenoxy) is 2. The van der Waals surface area contributed by atoms with Crippen molar-refractivity contribution in [1.29, 1.82) is 0 Å². The van der Waals surface area contributed by atoms with Crippen molar-refractivity contribution >= 4 is 6.29 Å². The fourth-order valence-corrected chi connectivity index (χ4v) is 1.80. The van der Waals surface area contributed by atoms with Crippen molar-refractivity contribution < 1.29 is 14.3 Å². The number of rotatable bonds is 4. The summed E-state index contributed by atoms with van der Waals surface area (Å²) in [7, 11) is 3.19. The monoisotopic (exact) mass is 246 g/mol. The maximum Gasteiger partial charge on any atom is 0.185 e. The van der Waals surface area contributed by atoms with Gasteiger partial charge >= 0.3 is 0 Å². The van der Waals surface area contributed by atoms with Gasteiger partial charge < -0.3 is 14.5 Å². The first kappa shape index (κ1) is 12.2. The van der Waals surface area contributed by atoms with Crippen LogP contribution in [0.4, 0.5) is 0 Å². The SMILES string of the molecule is COc1ccc(OC)c(-c2nc(C=O)[nH]c2C)c1. The molecular weight excluding hydrogens is 232 g/mol. The maximum absolute atomic E-state index is 10.7. The van der Waals surface area contributed by atoms with Gasteiger partial charge in [-0.25, -0.2) is 4.98 Å². The van der Waals surface area contributed by atoms with Crippen molar-refractivity contribution in [1.82, 2.24) is 9.97 Å². The molecule has 5 nitrogen and oxygen atoms in total. The van der Waals surface area contributed by atoms with Gasteiger partial charge in [-0.15, -0.1) is 0 Å². The third-order valence-corrected chi connectivity index (χ3v) is 2.68. The van der Waals surface area contributed by atoms with Crippen molar-refractivity contribution in [3.05, 3.63) is 29.7 Å². The van der Waals surface area contributed by atoms with Gasteiger partial charge in [0.2, 0.25) is 0 Å². The highest BCUT2D eigenvalue weighted by atomic mass is 16.5. The summed E-state index contributed by atoms with van der Waals surface area (Å²) in [5.41, 5.74) is 2.29. The number of H-pyrrole nitrogens is 1. The number of nitrogens with zero attached hydrogens (tertiary/aromatic N) is 1. The molecule has 2 rings (SSSR count). The second-order valence-corrected chi connectivity index (χ2v) is 3.78. The Labute approximate surface area is 105 Å². The van der Waals surface area contributed by atoms with Crippen LogP contribution in [0.25, 0.3) is 11.3 Å². The number of carbonyl (C=O) groups is 1. The average molecular weight is 246 g/mol. The summed E-state index contributed by atoms with van der Waals surface area (Å²) in [5.74, 6) is 1.69. The van der Waals surface area contributed by atoms with Crippen LogP contribution in [0.3, 0.4) is 0 Å². The van der Waals surface area contributed by atoms with Crippen molar-refractivity contribution in [2.24, 2.45) is 0 Å². The number of aryl methyl sites for hydroxylation is 1. The molecule has 1 N–H and O–H groups in total. The fourth-order valence-electron chi connectivity index (χ4n) is 1.80. The van der Waals surface area contributed by atoms with Crippen LogP contribution in [0.5, 0.6) is 11.5 Å². The Kier molecular flexibility index (Phi) is 3.32. The number of carbonyl (C=O) groups excluding carboxylic acids is 1. The predicted molar refractivity (Wildman–Crippen MR) is 67.3 cm³/mol. The molecule has 0 atom stereocenters. The first-order chi connectivity index (χ1) is 8.69. The maximum atomic E-state index is 10.7. The summed E-state index contributed by atoms with van der Waals surface area (Å²) in [4.78, 5) is 17.9. The van der Waals surface area contributed by atoms with E-state index in [1.54, 1.807) is 14.2 Å². The second kappa shape index (κ2) is 4.91. The van der Waals surface area contributed by atoms with E-state index in [4.69, 9.17) is 9.47 Å². The molecule has 0 aliphatic heterocycles. The smallest absolute Gasteiger partial charge is 0.185 e. The van der Waals surface area contributed by atoms with Gasteiger partial charge in [0.1, 0.15) is 11.5 Å². The Balaban J connectivity index is 2.60. The van der Waals surface area contributed by atoms with Gasteiger partial charge in [0, 0.05) is 11.3 Å². The molecule has 2 aromatic rings. The predicted octanol–water partition coefficient (Wildman–Crippen LogP) is 2.21. The summed E-state index contributed by atoms with van der Waals surface area (Å²) in [6, 6.07) is 5.45. The highest BCUT2D eigenvalue weighted by Crippen LogP contribution is 2.33. The minimum absolute atomic E-state index is 0.298. The first-order valence-electron chi connectivity index (χ1n) is 5.43. The van der Waals surface area contributed by atoms with E-state index < -0.39 is 0 Å². The van der Waals surface area contributed by atoms with Gasteiger partial charge in [0.25, 0.3) is 0 Å². The molecule has 1 aromatic heterocycles. The molecule has 0 unspecified atom stereocenters. The quantitative estimate of drug-likeness (QED) is 0.840. The van der Waals surface area contributed by atoms with Gasteiger partial charge in [-0.05, 0) is 25.1 Å². The molecule has 1 aromatic carbocycles. The Morgan fingerprint density at radius 2 is 2.06 bits per heavy atom. The van der Waals surface area contributed by atoms with E-state index in [0.717, 1.165) is 11.3 Å². The molecule has 94 valence electrons.